The van der Waals surface area contributed by atoms with Crippen LogP contribution in [0.2, 0.25) is 0 Å². The molecule has 5 heteroatoms. The Labute approximate surface area is 113 Å². The first-order chi connectivity index (χ1) is 9.06. The predicted octanol–water partition coefficient (Wildman–Crippen LogP) is 2.28. The van der Waals surface area contributed by atoms with Crippen LogP contribution >= 0.6 is 0 Å². The predicted molar refractivity (Wildman–Crippen MR) is 78.4 cm³/mol. The zero-order chi connectivity index (χ0) is 13.9. The first kappa shape index (κ1) is 13.6. The molecule has 0 saturated carbocycles. The minimum atomic E-state index is -3.53. The van der Waals surface area contributed by atoms with E-state index >= 15 is 0 Å². The number of sulfonamides is 1. The third-order valence-electron chi connectivity index (χ3n) is 2.85. The van der Waals surface area contributed by atoms with Crippen LogP contribution in [0.25, 0.3) is 10.8 Å². The van der Waals surface area contributed by atoms with E-state index in [9.17, 15) is 8.42 Å². The Kier molecular flexibility index (Phi) is 3.87. The number of rotatable bonds is 5. The van der Waals surface area contributed by atoms with Crippen molar-refractivity contribution >= 4 is 26.5 Å². The number of nitrogens with one attached hydrogen (secondary N) is 1. The van der Waals surface area contributed by atoms with Crippen LogP contribution in [0.1, 0.15) is 6.42 Å². The number of nitrogen functional groups attached to an aromatic ring is 1. The molecular formula is C14H16N2O2S. The van der Waals surface area contributed by atoms with Crippen molar-refractivity contribution in [2.45, 2.75) is 11.3 Å². The molecule has 0 saturated heterocycles. The maximum atomic E-state index is 12.2. The molecule has 0 aromatic heterocycles. The molecule has 0 amide bonds. The zero-order valence-electron chi connectivity index (χ0n) is 10.5. The molecule has 0 aliphatic rings. The van der Waals surface area contributed by atoms with Gasteiger partial charge in [-0.3, -0.25) is 0 Å². The van der Waals surface area contributed by atoms with Gasteiger partial charge in [-0.05, 0) is 18.6 Å². The molecule has 0 heterocycles. The lowest BCUT2D eigenvalue weighted by Gasteiger charge is -2.10. The molecule has 4 nitrogen and oxygen atoms in total. The largest absolute Gasteiger partial charge is 0.398 e. The molecule has 0 bridgehead atoms. The van der Waals surface area contributed by atoms with E-state index in [4.69, 9.17) is 5.73 Å². The summed E-state index contributed by atoms with van der Waals surface area (Å²) in [6, 6.07) is 10.4. The van der Waals surface area contributed by atoms with Gasteiger partial charge < -0.3 is 5.73 Å². The maximum absolute atomic E-state index is 12.2. The van der Waals surface area contributed by atoms with Crippen molar-refractivity contribution in [3.63, 3.8) is 0 Å². The normalized spacial score (nSPS) is 11.6. The Bertz CT molecular complexity index is 708. The van der Waals surface area contributed by atoms with Gasteiger partial charge >= 0.3 is 0 Å². The fourth-order valence-corrected chi connectivity index (χ4v) is 3.16. The van der Waals surface area contributed by atoms with E-state index in [1.165, 1.54) is 6.07 Å². The minimum absolute atomic E-state index is 0.251. The molecule has 2 aromatic carbocycles. The van der Waals surface area contributed by atoms with Gasteiger partial charge in [0.05, 0.1) is 4.90 Å². The van der Waals surface area contributed by atoms with E-state index in [2.05, 4.69) is 11.3 Å². The molecule has 100 valence electrons. The van der Waals surface area contributed by atoms with Crippen LogP contribution in [0.15, 0.2) is 53.9 Å². The van der Waals surface area contributed by atoms with Crippen LogP contribution < -0.4 is 10.5 Å². The second-order valence-electron chi connectivity index (χ2n) is 4.17. The molecule has 2 rings (SSSR count). The average Bonchev–Trinajstić information content (AvgIpc) is 2.39. The van der Waals surface area contributed by atoms with E-state index in [1.54, 1.807) is 24.3 Å². The van der Waals surface area contributed by atoms with Crippen molar-refractivity contribution in [2.75, 3.05) is 12.3 Å². The molecular weight excluding hydrogens is 260 g/mol. The zero-order valence-corrected chi connectivity index (χ0v) is 11.3. The Morgan fingerprint density at radius 1 is 1.16 bits per heavy atom. The Balaban J connectivity index is 2.51. The lowest BCUT2D eigenvalue weighted by atomic mass is 10.1. The first-order valence-corrected chi connectivity index (χ1v) is 7.42. The van der Waals surface area contributed by atoms with Crippen molar-refractivity contribution in [3.8, 4) is 0 Å². The fourth-order valence-electron chi connectivity index (χ4n) is 1.90. The van der Waals surface area contributed by atoms with Gasteiger partial charge in [-0.1, -0.05) is 30.3 Å². The highest BCUT2D eigenvalue weighted by molar-refractivity contribution is 7.89. The molecule has 0 radical (unpaired) electrons. The van der Waals surface area contributed by atoms with E-state index in [0.29, 0.717) is 24.0 Å². The van der Waals surface area contributed by atoms with Crippen LogP contribution in [0, 0.1) is 0 Å². The lowest BCUT2D eigenvalue weighted by molar-refractivity contribution is 0.583. The summed E-state index contributed by atoms with van der Waals surface area (Å²) >= 11 is 0. The highest BCUT2D eigenvalue weighted by Gasteiger charge is 2.17. The highest BCUT2D eigenvalue weighted by Crippen LogP contribution is 2.27. The van der Waals surface area contributed by atoms with E-state index in [-0.39, 0.29) is 4.90 Å². The summed E-state index contributed by atoms with van der Waals surface area (Å²) < 4.78 is 27.0. The second-order valence-corrected chi connectivity index (χ2v) is 5.91. The highest BCUT2D eigenvalue weighted by atomic mass is 32.2. The number of anilines is 1. The maximum Gasteiger partial charge on any atom is 0.241 e. The Morgan fingerprint density at radius 3 is 2.53 bits per heavy atom. The molecule has 2 aromatic rings. The van der Waals surface area contributed by atoms with E-state index in [1.807, 2.05) is 12.1 Å². The monoisotopic (exact) mass is 276 g/mol. The van der Waals surface area contributed by atoms with E-state index < -0.39 is 10.0 Å². The van der Waals surface area contributed by atoms with E-state index in [0.717, 1.165) is 5.39 Å². The van der Waals surface area contributed by atoms with Crippen LogP contribution in [0.4, 0.5) is 5.69 Å². The summed E-state index contributed by atoms with van der Waals surface area (Å²) in [5, 5.41) is 1.38. The number of nitrogens with two attached hydrogens (primary N) is 1. The van der Waals surface area contributed by atoms with Gasteiger partial charge in [0.2, 0.25) is 10.0 Å². The number of benzene rings is 2. The van der Waals surface area contributed by atoms with Gasteiger partial charge in [-0.15, -0.1) is 6.58 Å². The average molecular weight is 276 g/mol. The van der Waals surface area contributed by atoms with Gasteiger partial charge in [0, 0.05) is 23.0 Å². The molecule has 0 spiro atoms. The van der Waals surface area contributed by atoms with Crippen LogP contribution in [-0.2, 0) is 10.0 Å². The Hall–Kier alpha value is -1.85. The van der Waals surface area contributed by atoms with Gasteiger partial charge in [-0.2, -0.15) is 0 Å². The van der Waals surface area contributed by atoms with Gasteiger partial charge in [0.1, 0.15) is 0 Å². The molecule has 0 unspecified atom stereocenters. The summed E-state index contributed by atoms with van der Waals surface area (Å²) in [4.78, 5) is 0.251. The summed E-state index contributed by atoms with van der Waals surface area (Å²) in [5.74, 6) is 0. The lowest BCUT2D eigenvalue weighted by Crippen LogP contribution is -2.24. The van der Waals surface area contributed by atoms with Crippen LogP contribution in [-0.4, -0.2) is 15.0 Å². The summed E-state index contributed by atoms with van der Waals surface area (Å²) in [5.41, 5.74) is 6.43. The smallest absolute Gasteiger partial charge is 0.241 e. The standard InChI is InChI=1S/C14H16N2O2S/c1-2-3-10-16-19(17,18)14-9-8-13(15)11-6-4-5-7-12(11)14/h2,4-9,16H,1,3,10,15H2. The topological polar surface area (TPSA) is 72.2 Å². The number of hydrogen-bond donors (Lipinski definition) is 2. The third kappa shape index (κ3) is 2.77. The van der Waals surface area contributed by atoms with Crippen LogP contribution in [0.5, 0.6) is 0 Å². The number of hydrogen-bond acceptors (Lipinski definition) is 3. The molecule has 0 fully saturated rings. The van der Waals surface area contributed by atoms with Gasteiger partial charge in [0.15, 0.2) is 0 Å². The molecule has 0 atom stereocenters. The van der Waals surface area contributed by atoms with Gasteiger partial charge in [0.25, 0.3) is 0 Å². The minimum Gasteiger partial charge on any atom is -0.398 e. The van der Waals surface area contributed by atoms with Crippen LogP contribution in [0.3, 0.4) is 0 Å². The second kappa shape index (κ2) is 5.42. The number of fused-ring (bicyclic) bond motifs is 1. The summed E-state index contributed by atoms with van der Waals surface area (Å²) in [6.45, 7) is 3.90. The fraction of sp³-hybridized carbons (Fsp3) is 0.143. The molecule has 3 N–H and O–H groups in total. The first-order valence-electron chi connectivity index (χ1n) is 5.94. The molecule has 0 aliphatic heterocycles. The van der Waals surface area contributed by atoms with Crippen molar-refractivity contribution in [1.29, 1.82) is 0 Å². The van der Waals surface area contributed by atoms with Crippen molar-refractivity contribution in [3.05, 3.63) is 49.1 Å². The quantitative estimate of drug-likeness (QED) is 0.500. The summed E-state index contributed by atoms with van der Waals surface area (Å²) in [7, 11) is -3.53. The Morgan fingerprint density at radius 2 is 1.84 bits per heavy atom. The SMILES string of the molecule is C=CCCNS(=O)(=O)c1ccc(N)c2ccccc12. The third-order valence-corrected chi connectivity index (χ3v) is 4.37. The molecule has 0 aliphatic carbocycles. The van der Waals surface area contributed by atoms with Crippen molar-refractivity contribution in [1.82, 2.24) is 4.72 Å². The van der Waals surface area contributed by atoms with Crippen molar-refractivity contribution < 1.29 is 8.42 Å². The van der Waals surface area contributed by atoms with Gasteiger partial charge in [-0.25, -0.2) is 13.1 Å². The summed E-state index contributed by atoms with van der Waals surface area (Å²) in [6.07, 6.45) is 2.26. The van der Waals surface area contributed by atoms with Crippen molar-refractivity contribution in [2.24, 2.45) is 0 Å². The molecule has 19 heavy (non-hydrogen) atoms.